The second-order valence-corrected chi connectivity index (χ2v) is 4.34. The Balaban J connectivity index is 2.89. The third-order valence-corrected chi connectivity index (χ3v) is 2.52. The van der Waals surface area contributed by atoms with Crippen molar-refractivity contribution in [2.45, 2.75) is 26.2 Å². The Morgan fingerprint density at radius 3 is 2.00 bits per heavy atom. The molecule has 0 saturated heterocycles. The minimum Gasteiger partial charge on any atom is -0.382 e. The molecule has 5 heteroatoms. The van der Waals surface area contributed by atoms with E-state index in [1.807, 2.05) is 0 Å². The Labute approximate surface area is 123 Å². The zero-order valence-corrected chi connectivity index (χ0v) is 13.1. The number of rotatable bonds is 17. The van der Waals surface area contributed by atoms with Gasteiger partial charge in [0.25, 0.3) is 0 Å². The van der Waals surface area contributed by atoms with Crippen LogP contribution in [0.4, 0.5) is 0 Å². The summed E-state index contributed by atoms with van der Waals surface area (Å²) in [7, 11) is 1.66. The first-order valence-corrected chi connectivity index (χ1v) is 7.53. The highest BCUT2D eigenvalue weighted by Gasteiger charge is 1.93. The van der Waals surface area contributed by atoms with Crippen LogP contribution in [0.5, 0.6) is 0 Å². The van der Waals surface area contributed by atoms with Gasteiger partial charge in [-0.3, -0.25) is 0 Å². The van der Waals surface area contributed by atoms with Gasteiger partial charge in [0.2, 0.25) is 0 Å². The van der Waals surface area contributed by atoms with E-state index in [2.05, 4.69) is 13.3 Å². The van der Waals surface area contributed by atoms with Crippen molar-refractivity contribution in [3.05, 3.63) is 6.42 Å². The van der Waals surface area contributed by atoms with Crippen LogP contribution in [0.2, 0.25) is 0 Å². The lowest BCUT2D eigenvalue weighted by molar-refractivity contribution is 0.0238. The molecule has 0 unspecified atom stereocenters. The molecule has 0 aliphatic carbocycles. The van der Waals surface area contributed by atoms with Crippen molar-refractivity contribution in [2.24, 2.45) is 0 Å². The molecule has 0 heterocycles. The van der Waals surface area contributed by atoms with Gasteiger partial charge in [0, 0.05) is 26.9 Å². The molecule has 0 rings (SSSR count). The molecule has 0 fully saturated rings. The van der Waals surface area contributed by atoms with Crippen molar-refractivity contribution in [1.29, 1.82) is 0 Å². The first-order valence-electron chi connectivity index (χ1n) is 7.53. The van der Waals surface area contributed by atoms with Gasteiger partial charge >= 0.3 is 0 Å². The van der Waals surface area contributed by atoms with Gasteiger partial charge in [0.1, 0.15) is 0 Å². The second kappa shape index (κ2) is 18.8. The Morgan fingerprint density at radius 2 is 1.30 bits per heavy atom. The third kappa shape index (κ3) is 17.8. The van der Waals surface area contributed by atoms with Crippen LogP contribution in [0, 0.1) is 6.42 Å². The van der Waals surface area contributed by atoms with E-state index in [0.717, 1.165) is 19.4 Å². The van der Waals surface area contributed by atoms with Gasteiger partial charge in [-0.15, -0.1) is 0 Å². The minimum atomic E-state index is 0.620. The summed E-state index contributed by atoms with van der Waals surface area (Å²) in [6.07, 6.45) is 5.28. The Bertz CT molecular complexity index is 148. The van der Waals surface area contributed by atoms with Crippen molar-refractivity contribution < 1.29 is 23.7 Å². The highest BCUT2D eigenvalue weighted by Crippen LogP contribution is 1.92. The molecule has 121 valence electrons. The summed E-state index contributed by atoms with van der Waals surface area (Å²) in [4.78, 5) is 0. The van der Waals surface area contributed by atoms with Crippen molar-refractivity contribution in [2.75, 3.05) is 66.6 Å². The Morgan fingerprint density at radius 1 is 0.700 bits per heavy atom. The predicted octanol–water partition coefficient (Wildman–Crippen LogP) is 2.09. The summed E-state index contributed by atoms with van der Waals surface area (Å²) >= 11 is 0. The van der Waals surface area contributed by atoms with Gasteiger partial charge in [-0.25, -0.2) is 0 Å². The lowest BCUT2D eigenvalue weighted by atomic mass is 10.3. The largest absolute Gasteiger partial charge is 0.382 e. The maximum atomic E-state index is 5.41. The number of ether oxygens (including phenoxy) is 5. The van der Waals surface area contributed by atoms with Gasteiger partial charge in [-0.05, 0) is 19.3 Å². The van der Waals surface area contributed by atoms with Crippen LogP contribution in [-0.4, -0.2) is 66.6 Å². The van der Waals surface area contributed by atoms with E-state index in [1.165, 1.54) is 6.42 Å². The molecule has 1 radical (unpaired) electrons. The van der Waals surface area contributed by atoms with E-state index in [1.54, 1.807) is 7.11 Å². The highest BCUT2D eigenvalue weighted by molar-refractivity contribution is 4.62. The Hall–Kier alpha value is -0.200. The molecule has 0 aliphatic rings. The molecule has 0 aromatic heterocycles. The molecule has 0 aromatic carbocycles. The maximum Gasteiger partial charge on any atom is 0.0701 e. The molecule has 0 aromatic rings. The highest BCUT2D eigenvalue weighted by atomic mass is 16.5. The topological polar surface area (TPSA) is 46.2 Å². The van der Waals surface area contributed by atoms with Crippen molar-refractivity contribution >= 4 is 0 Å². The van der Waals surface area contributed by atoms with E-state index >= 15 is 0 Å². The smallest absolute Gasteiger partial charge is 0.0701 e. The fourth-order valence-corrected chi connectivity index (χ4v) is 1.35. The molecule has 0 spiro atoms. The molecule has 0 atom stereocenters. The van der Waals surface area contributed by atoms with Crippen molar-refractivity contribution in [1.82, 2.24) is 0 Å². The summed E-state index contributed by atoms with van der Waals surface area (Å²) in [5.41, 5.74) is 0. The summed E-state index contributed by atoms with van der Waals surface area (Å²) in [5.74, 6) is 0. The molecule has 20 heavy (non-hydrogen) atoms. The van der Waals surface area contributed by atoms with Gasteiger partial charge in [0.15, 0.2) is 0 Å². The number of methoxy groups -OCH3 is 1. The normalized spacial score (nSPS) is 11.1. The predicted molar refractivity (Wildman–Crippen MR) is 79.0 cm³/mol. The van der Waals surface area contributed by atoms with Crippen LogP contribution >= 0.6 is 0 Å². The van der Waals surface area contributed by atoms with E-state index in [9.17, 15) is 0 Å². The fraction of sp³-hybridized carbons (Fsp3) is 0.933. The Kier molecular flexibility index (Phi) is 18.6. The van der Waals surface area contributed by atoms with Crippen LogP contribution in [0.15, 0.2) is 0 Å². The van der Waals surface area contributed by atoms with Crippen molar-refractivity contribution in [3.8, 4) is 0 Å². The van der Waals surface area contributed by atoms with Crippen LogP contribution in [0.1, 0.15) is 26.2 Å². The fourth-order valence-electron chi connectivity index (χ4n) is 1.35. The van der Waals surface area contributed by atoms with E-state index < -0.39 is 0 Å². The standard InChI is InChI=1S/C15H31O5/c1-3-4-7-17-12-13-18-8-5-6-9-19-14-15-20-11-10-16-2/h5H,3-4,6-15H2,1-2H3. The average Bonchev–Trinajstić information content (AvgIpc) is 2.47. The quantitative estimate of drug-likeness (QED) is 0.384. The van der Waals surface area contributed by atoms with Gasteiger partial charge in [-0.2, -0.15) is 0 Å². The molecular weight excluding hydrogens is 260 g/mol. The van der Waals surface area contributed by atoms with Crippen LogP contribution in [0.25, 0.3) is 0 Å². The molecule has 0 saturated carbocycles. The lowest BCUT2D eigenvalue weighted by Crippen LogP contribution is -2.10. The summed E-state index contributed by atoms with van der Waals surface area (Å²) < 4.78 is 26.3. The number of hydrogen-bond acceptors (Lipinski definition) is 5. The average molecular weight is 291 g/mol. The molecular formula is C15H31O5. The van der Waals surface area contributed by atoms with Crippen LogP contribution < -0.4 is 0 Å². The molecule has 5 nitrogen and oxygen atoms in total. The first-order chi connectivity index (χ1) is 9.91. The minimum absolute atomic E-state index is 0.620. The monoisotopic (exact) mass is 291 g/mol. The van der Waals surface area contributed by atoms with Crippen LogP contribution in [-0.2, 0) is 23.7 Å². The number of unbranched alkanes of at least 4 members (excludes halogenated alkanes) is 2. The molecule has 0 amide bonds. The molecule has 0 aliphatic heterocycles. The van der Waals surface area contributed by atoms with Crippen LogP contribution in [0.3, 0.4) is 0 Å². The number of hydrogen-bond donors (Lipinski definition) is 0. The van der Waals surface area contributed by atoms with E-state index in [0.29, 0.717) is 52.9 Å². The molecule has 0 N–H and O–H groups in total. The SMILES string of the molecule is CCCCOCCOC[CH]CCOCCOCCOC. The van der Waals surface area contributed by atoms with Gasteiger partial charge in [-0.1, -0.05) is 13.3 Å². The molecule has 0 bridgehead atoms. The summed E-state index contributed by atoms with van der Waals surface area (Å²) in [5, 5.41) is 0. The second-order valence-electron chi connectivity index (χ2n) is 4.34. The van der Waals surface area contributed by atoms with Gasteiger partial charge < -0.3 is 23.7 Å². The zero-order valence-electron chi connectivity index (χ0n) is 13.1. The summed E-state index contributed by atoms with van der Waals surface area (Å²) in [6.45, 7) is 8.21. The van der Waals surface area contributed by atoms with Crippen molar-refractivity contribution in [3.63, 3.8) is 0 Å². The van der Waals surface area contributed by atoms with E-state index in [4.69, 9.17) is 23.7 Å². The lowest BCUT2D eigenvalue weighted by Gasteiger charge is -2.06. The maximum absolute atomic E-state index is 5.41. The van der Waals surface area contributed by atoms with Gasteiger partial charge in [0.05, 0.1) is 39.6 Å². The third-order valence-electron chi connectivity index (χ3n) is 2.52. The first kappa shape index (κ1) is 19.8. The van der Waals surface area contributed by atoms with E-state index in [-0.39, 0.29) is 0 Å². The summed E-state index contributed by atoms with van der Waals surface area (Å²) in [6, 6.07) is 0. The zero-order chi connectivity index (χ0) is 14.7.